The molecule has 8 nitrogen and oxygen atoms in total. The van der Waals surface area contributed by atoms with E-state index in [-0.39, 0.29) is 16.5 Å². The molecule has 1 N–H and O–H groups in total. The number of benzene rings is 3. The van der Waals surface area contributed by atoms with E-state index in [1.54, 1.807) is 19.2 Å². The third kappa shape index (κ3) is 4.37. The van der Waals surface area contributed by atoms with E-state index in [9.17, 15) is 12.8 Å². The molecule has 3 aromatic carbocycles. The number of rotatable bonds is 7. The standard InChI is InChI=1S/C28H23FN4O4S/c1-16-11-23(26(36-2)14-21(16)18-5-8-24(29)22(12-18)17-3-4-17)28-20-7-6-19(13-25(20)30-15-31-28)38(34,35)33-27-9-10-37-32-27/h5-15,17H,3-4H2,1-2H3,(H,32,33). The highest BCUT2D eigenvalue weighted by atomic mass is 32.2. The molecule has 0 aliphatic heterocycles. The number of aromatic nitrogens is 3. The lowest BCUT2D eigenvalue weighted by molar-refractivity contribution is 0.416. The van der Waals surface area contributed by atoms with E-state index in [2.05, 4.69) is 19.8 Å². The van der Waals surface area contributed by atoms with Gasteiger partial charge < -0.3 is 9.26 Å². The maximum absolute atomic E-state index is 14.4. The zero-order chi connectivity index (χ0) is 26.4. The molecule has 0 bridgehead atoms. The van der Waals surface area contributed by atoms with E-state index in [1.165, 1.54) is 36.9 Å². The fourth-order valence-electron chi connectivity index (χ4n) is 4.65. The molecule has 10 heteroatoms. The molecule has 0 saturated heterocycles. The predicted molar refractivity (Wildman–Crippen MR) is 141 cm³/mol. The molecule has 38 heavy (non-hydrogen) atoms. The Labute approximate surface area is 218 Å². The first-order chi connectivity index (χ1) is 18.3. The molecule has 0 unspecified atom stereocenters. The van der Waals surface area contributed by atoms with Gasteiger partial charge >= 0.3 is 0 Å². The van der Waals surface area contributed by atoms with Gasteiger partial charge in [-0.15, -0.1) is 0 Å². The van der Waals surface area contributed by atoms with Gasteiger partial charge in [-0.25, -0.2) is 22.8 Å². The number of nitrogens with one attached hydrogen (secondary N) is 1. The molecule has 1 aliphatic rings. The first kappa shape index (κ1) is 24.1. The fourth-order valence-corrected chi connectivity index (χ4v) is 5.66. The van der Waals surface area contributed by atoms with Gasteiger partial charge in [0.2, 0.25) is 0 Å². The number of ether oxygens (including phenoxy) is 1. The summed E-state index contributed by atoms with van der Waals surface area (Å²) in [6, 6.07) is 15.2. The Kier molecular flexibility index (Phi) is 5.83. The van der Waals surface area contributed by atoms with Crippen LogP contribution in [0.4, 0.5) is 10.2 Å². The first-order valence-corrected chi connectivity index (χ1v) is 13.5. The summed E-state index contributed by atoms with van der Waals surface area (Å²) in [4.78, 5) is 8.85. The van der Waals surface area contributed by atoms with Gasteiger partial charge in [0.1, 0.15) is 24.2 Å². The number of halogens is 1. The molecule has 6 rings (SSSR count). The summed E-state index contributed by atoms with van der Waals surface area (Å²) >= 11 is 0. The number of methoxy groups -OCH3 is 1. The monoisotopic (exact) mass is 530 g/mol. The summed E-state index contributed by atoms with van der Waals surface area (Å²) in [5.74, 6) is 0.803. The molecule has 0 amide bonds. The highest BCUT2D eigenvalue weighted by Gasteiger charge is 2.27. The van der Waals surface area contributed by atoms with Gasteiger partial charge in [-0.3, -0.25) is 4.72 Å². The lowest BCUT2D eigenvalue weighted by Gasteiger charge is -2.16. The molecule has 5 aromatic rings. The Bertz CT molecular complexity index is 1780. The highest BCUT2D eigenvalue weighted by molar-refractivity contribution is 7.92. The summed E-state index contributed by atoms with van der Waals surface area (Å²) < 4.78 is 52.8. The summed E-state index contributed by atoms with van der Waals surface area (Å²) in [5.41, 5.74) is 5.40. The Morgan fingerprint density at radius 2 is 1.87 bits per heavy atom. The maximum Gasteiger partial charge on any atom is 0.263 e. The predicted octanol–water partition coefficient (Wildman–Crippen LogP) is 6.09. The fraction of sp³-hybridized carbons (Fsp3) is 0.179. The van der Waals surface area contributed by atoms with Crippen LogP contribution in [0.2, 0.25) is 0 Å². The zero-order valence-corrected chi connectivity index (χ0v) is 21.4. The van der Waals surface area contributed by atoms with Crippen LogP contribution >= 0.6 is 0 Å². The van der Waals surface area contributed by atoms with Gasteiger partial charge in [0.15, 0.2) is 5.82 Å². The average Bonchev–Trinajstić information content (AvgIpc) is 3.64. The maximum atomic E-state index is 14.4. The van der Waals surface area contributed by atoms with Crippen LogP contribution < -0.4 is 9.46 Å². The second kappa shape index (κ2) is 9.21. The van der Waals surface area contributed by atoms with Crippen molar-refractivity contribution in [3.8, 4) is 28.1 Å². The normalized spacial score (nSPS) is 13.6. The van der Waals surface area contributed by atoms with Crippen molar-refractivity contribution >= 4 is 26.7 Å². The van der Waals surface area contributed by atoms with Crippen LogP contribution in [-0.2, 0) is 10.0 Å². The summed E-state index contributed by atoms with van der Waals surface area (Å²) in [6.45, 7) is 1.99. The van der Waals surface area contributed by atoms with Crippen LogP contribution in [0.15, 0.2) is 76.6 Å². The van der Waals surface area contributed by atoms with Gasteiger partial charge in [-0.2, -0.15) is 0 Å². The molecule has 2 heterocycles. The number of hydrogen-bond acceptors (Lipinski definition) is 7. The second-order valence-electron chi connectivity index (χ2n) is 9.27. The quantitative estimate of drug-likeness (QED) is 0.271. The molecule has 1 aliphatic carbocycles. The number of fused-ring (bicyclic) bond motifs is 1. The minimum atomic E-state index is -3.90. The van der Waals surface area contributed by atoms with Crippen molar-refractivity contribution < 1.29 is 22.1 Å². The van der Waals surface area contributed by atoms with Gasteiger partial charge in [-0.1, -0.05) is 11.2 Å². The van der Waals surface area contributed by atoms with E-state index in [1.807, 2.05) is 25.1 Å². The lowest BCUT2D eigenvalue weighted by Crippen LogP contribution is -2.13. The Morgan fingerprint density at radius 1 is 1.03 bits per heavy atom. The minimum absolute atomic E-state index is 0.0268. The van der Waals surface area contributed by atoms with Crippen LogP contribution in [0.5, 0.6) is 5.75 Å². The van der Waals surface area contributed by atoms with Crippen LogP contribution in [-0.4, -0.2) is 30.7 Å². The minimum Gasteiger partial charge on any atom is -0.496 e. The third-order valence-electron chi connectivity index (χ3n) is 6.72. The molecule has 0 radical (unpaired) electrons. The summed E-state index contributed by atoms with van der Waals surface area (Å²) in [6.07, 6.45) is 4.70. The van der Waals surface area contributed by atoms with Crippen LogP contribution in [0.25, 0.3) is 33.3 Å². The van der Waals surface area contributed by atoms with Crippen molar-refractivity contribution in [1.29, 1.82) is 0 Å². The van der Waals surface area contributed by atoms with Gasteiger partial charge in [0.25, 0.3) is 10.0 Å². The number of sulfonamides is 1. The molecular formula is C28H23FN4O4S. The van der Waals surface area contributed by atoms with E-state index in [0.717, 1.165) is 40.7 Å². The molecule has 0 atom stereocenters. The van der Waals surface area contributed by atoms with Crippen LogP contribution in [0, 0.1) is 12.7 Å². The summed E-state index contributed by atoms with van der Waals surface area (Å²) in [7, 11) is -2.32. The van der Waals surface area contributed by atoms with Crippen molar-refractivity contribution in [1.82, 2.24) is 15.1 Å². The van der Waals surface area contributed by atoms with Crippen molar-refractivity contribution in [3.05, 3.63) is 84.1 Å². The Balaban J connectivity index is 1.42. The Hall–Kier alpha value is -4.31. The highest BCUT2D eigenvalue weighted by Crippen LogP contribution is 2.44. The van der Waals surface area contributed by atoms with E-state index in [4.69, 9.17) is 9.26 Å². The topological polar surface area (TPSA) is 107 Å². The van der Waals surface area contributed by atoms with E-state index < -0.39 is 10.0 Å². The van der Waals surface area contributed by atoms with Crippen molar-refractivity contribution in [2.75, 3.05) is 11.8 Å². The molecule has 0 spiro atoms. The number of anilines is 1. The van der Waals surface area contributed by atoms with E-state index in [0.29, 0.717) is 28.3 Å². The lowest BCUT2D eigenvalue weighted by atomic mass is 9.93. The molecule has 1 saturated carbocycles. The van der Waals surface area contributed by atoms with Gasteiger partial charge in [0, 0.05) is 17.0 Å². The second-order valence-corrected chi connectivity index (χ2v) is 11.0. The third-order valence-corrected chi connectivity index (χ3v) is 8.07. The molecular weight excluding hydrogens is 507 g/mol. The molecule has 192 valence electrons. The van der Waals surface area contributed by atoms with E-state index >= 15 is 0 Å². The average molecular weight is 531 g/mol. The van der Waals surface area contributed by atoms with Crippen molar-refractivity contribution in [2.45, 2.75) is 30.6 Å². The number of nitrogens with zero attached hydrogens (tertiary/aromatic N) is 3. The molecule has 2 aromatic heterocycles. The first-order valence-electron chi connectivity index (χ1n) is 12.0. The molecule has 1 fully saturated rings. The van der Waals surface area contributed by atoms with Crippen LogP contribution in [0.3, 0.4) is 0 Å². The summed E-state index contributed by atoms with van der Waals surface area (Å²) in [5, 5.41) is 4.26. The van der Waals surface area contributed by atoms with Crippen molar-refractivity contribution in [2.24, 2.45) is 0 Å². The smallest absolute Gasteiger partial charge is 0.263 e. The van der Waals surface area contributed by atoms with Crippen molar-refractivity contribution in [3.63, 3.8) is 0 Å². The number of aryl methyl sites for hydroxylation is 1. The Morgan fingerprint density at radius 3 is 2.61 bits per heavy atom. The largest absolute Gasteiger partial charge is 0.496 e. The number of hydrogen-bond donors (Lipinski definition) is 1. The van der Waals surface area contributed by atoms with Gasteiger partial charge in [0.05, 0.1) is 23.2 Å². The SMILES string of the molecule is COc1cc(-c2ccc(F)c(C3CC3)c2)c(C)cc1-c1ncnc2cc(S(=O)(=O)Nc3ccon3)ccc12. The zero-order valence-electron chi connectivity index (χ0n) is 20.6. The van der Waals surface area contributed by atoms with Crippen LogP contribution in [0.1, 0.15) is 29.9 Å². The van der Waals surface area contributed by atoms with Gasteiger partial charge in [-0.05, 0) is 90.4 Å².